The Morgan fingerprint density at radius 3 is 2.69 bits per heavy atom. The van der Waals surface area contributed by atoms with Crippen LogP contribution >= 0.6 is 11.3 Å². The number of carbonyl (C=O) groups excluding carboxylic acids is 1. The van der Waals surface area contributed by atoms with Gasteiger partial charge in [-0.1, -0.05) is 35.6 Å². The van der Waals surface area contributed by atoms with Gasteiger partial charge in [-0.3, -0.25) is 5.43 Å². The van der Waals surface area contributed by atoms with Crippen molar-refractivity contribution in [1.82, 2.24) is 4.98 Å². The molecule has 3 aromatic carbocycles. The van der Waals surface area contributed by atoms with Crippen LogP contribution in [0.1, 0.15) is 22.8 Å². The maximum absolute atomic E-state index is 12.6. The number of esters is 1. The molecule has 8 heteroatoms. The summed E-state index contributed by atoms with van der Waals surface area (Å²) in [6.45, 7) is 2.28. The fourth-order valence-corrected chi connectivity index (χ4v) is 3.82. The zero-order valence-corrected chi connectivity index (χ0v) is 18.4. The van der Waals surface area contributed by atoms with Crippen molar-refractivity contribution in [3.8, 4) is 17.2 Å². The average molecular weight is 448 g/mol. The van der Waals surface area contributed by atoms with Gasteiger partial charge in [-0.2, -0.15) is 5.10 Å². The van der Waals surface area contributed by atoms with Gasteiger partial charge in [0.2, 0.25) is 5.13 Å². The molecule has 0 fully saturated rings. The third-order valence-corrected chi connectivity index (χ3v) is 5.41. The lowest BCUT2D eigenvalue weighted by Gasteiger charge is -2.12. The molecule has 0 atom stereocenters. The molecule has 0 bridgehead atoms. The van der Waals surface area contributed by atoms with Crippen LogP contribution in [0, 0.1) is 0 Å². The van der Waals surface area contributed by atoms with Gasteiger partial charge in [0.1, 0.15) is 11.3 Å². The lowest BCUT2D eigenvalue weighted by atomic mass is 10.2. The van der Waals surface area contributed by atoms with Crippen molar-refractivity contribution in [2.24, 2.45) is 5.10 Å². The number of hydrazone groups is 1. The maximum Gasteiger partial charge on any atom is 0.347 e. The van der Waals surface area contributed by atoms with E-state index in [9.17, 15) is 4.79 Å². The van der Waals surface area contributed by atoms with Gasteiger partial charge in [-0.05, 0) is 55.0 Å². The van der Waals surface area contributed by atoms with Crippen molar-refractivity contribution in [2.75, 3.05) is 19.1 Å². The molecule has 162 valence electrons. The van der Waals surface area contributed by atoms with Crippen LogP contribution in [0.3, 0.4) is 0 Å². The second-order valence-corrected chi connectivity index (χ2v) is 7.62. The lowest BCUT2D eigenvalue weighted by Crippen LogP contribution is -2.11. The lowest BCUT2D eigenvalue weighted by molar-refractivity contribution is 0.0725. The van der Waals surface area contributed by atoms with Gasteiger partial charge in [0, 0.05) is 0 Å². The molecule has 0 aliphatic carbocycles. The first-order valence-electron chi connectivity index (χ1n) is 9.94. The van der Waals surface area contributed by atoms with E-state index in [-0.39, 0.29) is 0 Å². The summed E-state index contributed by atoms with van der Waals surface area (Å²) in [4.78, 5) is 17.1. The van der Waals surface area contributed by atoms with Gasteiger partial charge in [-0.25, -0.2) is 9.78 Å². The summed E-state index contributed by atoms with van der Waals surface area (Å²) in [5.74, 6) is 0.682. The summed E-state index contributed by atoms with van der Waals surface area (Å²) >= 11 is 1.53. The van der Waals surface area contributed by atoms with E-state index in [0.717, 1.165) is 15.8 Å². The van der Waals surface area contributed by atoms with Crippen LogP contribution in [0.15, 0.2) is 71.8 Å². The number of carbonyl (C=O) groups is 1. The summed E-state index contributed by atoms with van der Waals surface area (Å²) in [6, 6.07) is 20.0. The molecule has 1 aromatic heterocycles. The molecule has 0 amide bonds. The number of anilines is 1. The number of ether oxygens (including phenoxy) is 3. The Morgan fingerprint density at radius 1 is 1.06 bits per heavy atom. The molecule has 4 rings (SSSR count). The van der Waals surface area contributed by atoms with E-state index < -0.39 is 5.97 Å². The zero-order valence-electron chi connectivity index (χ0n) is 17.6. The normalized spacial score (nSPS) is 10.9. The molecule has 0 spiro atoms. The molecular formula is C24H21N3O4S. The Kier molecular flexibility index (Phi) is 6.62. The van der Waals surface area contributed by atoms with Gasteiger partial charge in [-0.15, -0.1) is 0 Å². The SMILES string of the molecule is CCOc1cc(/C=N/Nc2nc3ccccc3s2)ccc1OC(=O)c1ccccc1OC. The minimum Gasteiger partial charge on any atom is -0.496 e. The molecule has 32 heavy (non-hydrogen) atoms. The average Bonchev–Trinajstić information content (AvgIpc) is 3.23. The Bertz CT molecular complexity index is 1240. The summed E-state index contributed by atoms with van der Waals surface area (Å²) in [5.41, 5.74) is 4.99. The molecular weight excluding hydrogens is 426 g/mol. The molecule has 0 saturated heterocycles. The first-order chi connectivity index (χ1) is 15.7. The van der Waals surface area contributed by atoms with Crippen molar-refractivity contribution >= 4 is 38.9 Å². The molecule has 4 aromatic rings. The first-order valence-corrected chi connectivity index (χ1v) is 10.8. The summed E-state index contributed by atoms with van der Waals surface area (Å²) in [7, 11) is 1.51. The molecule has 0 aliphatic rings. The van der Waals surface area contributed by atoms with Gasteiger partial charge in [0.25, 0.3) is 0 Å². The monoisotopic (exact) mass is 447 g/mol. The van der Waals surface area contributed by atoms with Gasteiger partial charge >= 0.3 is 5.97 Å². The molecule has 1 heterocycles. The number of aromatic nitrogens is 1. The Morgan fingerprint density at radius 2 is 1.88 bits per heavy atom. The van der Waals surface area contributed by atoms with Crippen LogP contribution in [0.5, 0.6) is 17.2 Å². The van der Waals surface area contributed by atoms with E-state index in [0.29, 0.717) is 34.6 Å². The number of hydrogen-bond donors (Lipinski definition) is 1. The summed E-state index contributed by atoms with van der Waals surface area (Å²) in [6.07, 6.45) is 1.65. The number of methoxy groups -OCH3 is 1. The van der Waals surface area contributed by atoms with Gasteiger partial charge in [0.05, 0.1) is 30.1 Å². The van der Waals surface area contributed by atoms with Crippen molar-refractivity contribution in [2.45, 2.75) is 6.92 Å². The van der Waals surface area contributed by atoms with E-state index in [1.165, 1.54) is 18.4 Å². The van der Waals surface area contributed by atoms with E-state index in [4.69, 9.17) is 14.2 Å². The fraction of sp³-hybridized carbons (Fsp3) is 0.125. The number of rotatable bonds is 8. The van der Waals surface area contributed by atoms with Crippen LogP contribution in [0.4, 0.5) is 5.13 Å². The highest BCUT2D eigenvalue weighted by Crippen LogP contribution is 2.30. The summed E-state index contributed by atoms with van der Waals surface area (Å²) < 4.78 is 17.6. The number of para-hydroxylation sites is 2. The minimum absolute atomic E-state index is 0.319. The topological polar surface area (TPSA) is 82.0 Å². The Balaban J connectivity index is 1.49. The van der Waals surface area contributed by atoms with Gasteiger partial charge in [0.15, 0.2) is 11.5 Å². The molecule has 0 aliphatic heterocycles. The van der Waals surface area contributed by atoms with Gasteiger partial charge < -0.3 is 14.2 Å². The van der Waals surface area contributed by atoms with Crippen LogP contribution < -0.4 is 19.6 Å². The number of fused-ring (bicyclic) bond motifs is 1. The molecule has 1 N–H and O–H groups in total. The highest BCUT2D eigenvalue weighted by Gasteiger charge is 2.16. The minimum atomic E-state index is -0.526. The van der Waals surface area contributed by atoms with Crippen LogP contribution in [-0.4, -0.2) is 30.9 Å². The standard InChI is InChI=1S/C24H21N3O4S/c1-3-30-21-14-16(15-25-27-24-26-18-9-5-7-11-22(18)32-24)12-13-20(21)31-23(28)17-8-4-6-10-19(17)29-2/h4-15H,3H2,1-2H3,(H,26,27)/b25-15+. The van der Waals surface area contributed by atoms with Crippen LogP contribution in [-0.2, 0) is 0 Å². The van der Waals surface area contributed by atoms with Crippen LogP contribution in [0.2, 0.25) is 0 Å². The van der Waals surface area contributed by atoms with E-state index in [2.05, 4.69) is 15.5 Å². The second-order valence-electron chi connectivity index (χ2n) is 6.59. The predicted octanol–water partition coefficient (Wildman–Crippen LogP) is 5.37. The number of nitrogens with one attached hydrogen (secondary N) is 1. The number of hydrogen-bond acceptors (Lipinski definition) is 8. The highest BCUT2D eigenvalue weighted by atomic mass is 32.1. The largest absolute Gasteiger partial charge is 0.496 e. The van der Waals surface area contributed by atoms with E-state index in [1.54, 1.807) is 48.7 Å². The van der Waals surface area contributed by atoms with Crippen LogP contribution in [0.25, 0.3) is 10.2 Å². The summed E-state index contributed by atoms with van der Waals surface area (Å²) in [5, 5.41) is 4.97. The van der Waals surface area contributed by atoms with Crippen molar-refractivity contribution < 1.29 is 19.0 Å². The fourth-order valence-electron chi connectivity index (χ4n) is 3.01. The third-order valence-electron chi connectivity index (χ3n) is 4.46. The molecule has 0 radical (unpaired) electrons. The number of thiazole rings is 1. The highest BCUT2D eigenvalue weighted by molar-refractivity contribution is 7.22. The van der Waals surface area contributed by atoms with E-state index in [1.807, 2.05) is 31.2 Å². The number of nitrogens with zero attached hydrogens (tertiary/aromatic N) is 2. The van der Waals surface area contributed by atoms with Crippen molar-refractivity contribution in [3.63, 3.8) is 0 Å². The Labute approximate surface area is 189 Å². The quantitative estimate of drug-likeness (QED) is 0.169. The van der Waals surface area contributed by atoms with Crippen molar-refractivity contribution in [3.05, 3.63) is 77.9 Å². The molecule has 0 saturated carbocycles. The third kappa shape index (κ3) is 4.87. The first kappa shape index (κ1) is 21.3. The maximum atomic E-state index is 12.6. The van der Waals surface area contributed by atoms with Crippen molar-refractivity contribution in [1.29, 1.82) is 0 Å². The molecule has 0 unspecified atom stereocenters. The van der Waals surface area contributed by atoms with E-state index >= 15 is 0 Å². The number of benzene rings is 3. The Hall–Kier alpha value is -3.91. The smallest absolute Gasteiger partial charge is 0.347 e. The second kappa shape index (κ2) is 9.93. The molecule has 7 nitrogen and oxygen atoms in total. The predicted molar refractivity (Wildman–Crippen MR) is 126 cm³/mol. The zero-order chi connectivity index (χ0) is 22.3.